The molecule has 0 aliphatic heterocycles. The lowest BCUT2D eigenvalue weighted by molar-refractivity contribution is -0.131. The normalized spacial score (nSPS) is 12.9. The summed E-state index contributed by atoms with van der Waals surface area (Å²) in [5.41, 5.74) is 0.465. The van der Waals surface area contributed by atoms with Crippen LogP contribution in [0.1, 0.15) is 20.8 Å². The van der Waals surface area contributed by atoms with Crippen molar-refractivity contribution in [3.63, 3.8) is 0 Å². The molecule has 88 valence electrons. The maximum Gasteiger partial charge on any atom is 0.334 e. The molecule has 0 aromatic carbocycles. The molecule has 5 nitrogen and oxygen atoms in total. The van der Waals surface area contributed by atoms with E-state index in [4.69, 9.17) is 14.2 Å². The fourth-order valence-corrected chi connectivity index (χ4v) is 2.83. The van der Waals surface area contributed by atoms with E-state index in [-0.39, 0.29) is 19.4 Å². The summed E-state index contributed by atoms with van der Waals surface area (Å²) in [6.07, 6.45) is 1.02. The summed E-state index contributed by atoms with van der Waals surface area (Å²) in [5, 5.41) is 8.49. The predicted molar refractivity (Wildman–Crippen MR) is 57.1 cm³/mol. The van der Waals surface area contributed by atoms with Gasteiger partial charge in [-0.05, 0) is 20.8 Å². The van der Waals surface area contributed by atoms with Gasteiger partial charge in [-0.2, -0.15) is 0 Å². The van der Waals surface area contributed by atoms with Crippen molar-refractivity contribution in [2.75, 3.05) is 19.4 Å². The van der Waals surface area contributed by atoms with E-state index in [0.717, 1.165) is 6.08 Å². The average molecular weight is 236 g/mol. The van der Waals surface area contributed by atoms with Crippen LogP contribution in [0, 0.1) is 0 Å². The van der Waals surface area contributed by atoms with Crippen LogP contribution < -0.4 is 0 Å². The lowest BCUT2D eigenvalue weighted by Crippen LogP contribution is -2.02. The summed E-state index contributed by atoms with van der Waals surface area (Å²) >= 11 is 0. The zero-order valence-corrected chi connectivity index (χ0v) is 10.1. The molecule has 0 spiro atoms. The zero-order valence-electron chi connectivity index (χ0n) is 9.23. The Morgan fingerprint density at radius 3 is 2.13 bits per heavy atom. The van der Waals surface area contributed by atoms with Crippen molar-refractivity contribution >= 4 is 13.6 Å². The van der Waals surface area contributed by atoms with E-state index in [2.05, 4.69) is 0 Å². The van der Waals surface area contributed by atoms with Gasteiger partial charge in [0, 0.05) is 6.08 Å². The molecule has 0 radical (unpaired) electrons. The Kier molecular flexibility index (Phi) is 6.48. The number of rotatable bonds is 7. The van der Waals surface area contributed by atoms with Gasteiger partial charge in [-0.1, -0.05) is 5.57 Å². The Bertz CT molecular complexity index is 274. The molecule has 0 amide bonds. The van der Waals surface area contributed by atoms with Crippen LogP contribution >= 0.6 is 7.60 Å². The predicted octanol–water partition coefficient (Wildman–Crippen LogP) is 2.28. The minimum atomic E-state index is -3.16. The molecule has 0 unspecified atom stereocenters. The minimum absolute atomic E-state index is 0.0149. The van der Waals surface area contributed by atoms with E-state index in [9.17, 15) is 9.36 Å². The van der Waals surface area contributed by atoms with Crippen LogP contribution in [0.25, 0.3) is 0 Å². The van der Waals surface area contributed by atoms with E-state index in [1.165, 1.54) is 0 Å². The quantitative estimate of drug-likeness (QED) is 0.542. The first kappa shape index (κ1) is 14.4. The molecule has 0 aromatic rings. The van der Waals surface area contributed by atoms with Crippen molar-refractivity contribution < 1.29 is 23.5 Å². The van der Waals surface area contributed by atoms with Gasteiger partial charge in [-0.15, -0.1) is 0 Å². The van der Waals surface area contributed by atoms with Crippen molar-refractivity contribution in [1.82, 2.24) is 0 Å². The Morgan fingerprint density at radius 2 is 1.80 bits per heavy atom. The van der Waals surface area contributed by atoms with Crippen molar-refractivity contribution in [2.24, 2.45) is 0 Å². The average Bonchev–Trinajstić information content (AvgIpc) is 2.01. The highest BCUT2D eigenvalue weighted by Crippen LogP contribution is 2.49. The van der Waals surface area contributed by atoms with Gasteiger partial charge in [-0.25, -0.2) is 4.79 Å². The van der Waals surface area contributed by atoms with E-state index < -0.39 is 13.6 Å². The third kappa shape index (κ3) is 6.44. The summed E-state index contributed by atoms with van der Waals surface area (Å²) in [5.74, 6) is -1.06. The van der Waals surface area contributed by atoms with Crippen LogP contribution in [0.4, 0.5) is 0 Å². The lowest BCUT2D eigenvalue weighted by atomic mass is 10.3. The van der Waals surface area contributed by atoms with Crippen LogP contribution in [-0.2, 0) is 18.4 Å². The smallest absolute Gasteiger partial charge is 0.334 e. The van der Waals surface area contributed by atoms with Crippen molar-refractivity contribution in [2.45, 2.75) is 20.8 Å². The molecule has 0 heterocycles. The number of hydrogen-bond acceptors (Lipinski definition) is 4. The van der Waals surface area contributed by atoms with Crippen molar-refractivity contribution in [1.29, 1.82) is 0 Å². The lowest BCUT2D eigenvalue weighted by Gasteiger charge is -2.16. The summed E-state index contributed by atoms with van der Waals surface area (Å²) in [6.45, 7) is 5.55. The molecule has 0 saturated carbocycles. The van der Waals surface area contributed by atoms with E-state index in [0.29, 0.717) is 5.57 Å². The van der Waals surface area contributed by atoms with Gasteiger partial charge in [-0.3, -0.25) is 4.57 Å². The van der Waals surface area contributed by atoms with Crippen LogP contribution in [0.5, 0.6) is 0 Å². The number of carboxylic acids is 1. The molecule has 0 bridgehead atoms. The minimum Gasteiger partial charge on any atom is -0.478 e. The fourth-order valence-electron chi connectivity index (χ4n) is 1.08. The standard InChI is InChI=1S/C9H17O5P/c1-4-13-15(12,14-5-2)7-8(3)6-9(10)11/h6H,4-5,7H2,1-3H3,(H,10,11)/b8-6-. The van der Waals surface area contributed by atoms with Gasteiger partial charge < -0.3 is 14.2 Å². The summed E-state index contributed by atoms with van der Waals surface area (Å²) < 4.78 is 22.0. The molecule has 0 fully saturated rings. The highest BCUT2D eigenvalue weighted by molar-refractivity contribution is 7.54. The first-order chi connectivity index (χ1) is 6.93. The third-order valence-electron chi connectivity index (χ3n) is 1.46. The number of hydrogen-bond donors (Lipinski definition) is 1. The van der Waals surface area contributed by atoms with E-state index in [1.807, 2.05) is 0 Å². The van der Waals surface area contributed by atoms with Crippen LogP contribution in [0.3, 0.4) is 0 Å². The summed E-state index contributed by atoms with van der Waals surface area (Å²) in [6, 6.07) is 0. The molecule has 0 aliphatic carbocycles. The first-order valence-corrected chi connectivity index (χ1v) is 6.44. The fraction of sp³-hybridized carbons (Fsp3) is 0.667. The SMILES string of the molecule is CCOP(=O)(C/C(C)=C\C(=O)O)OCC. The third-order valence-corrected chi connectivity index (χ3v) is 3.65. The van der Waals surface area contributed by atoms with Gasteiger partial charge in [0.1, 0.15) is 0 Å². The molecule has 6 heteroatoms. The summed E-state index contributed by atoms with van der Waals surface area (Å²) in [4.78, 5) is 10.4. The molecular weight excluding hydrogens is 219 g/mol. The largest absolute Gasteiger partial charge is 0.478 e. The molecular formula is C9H17O5P. The topological polar surface area (TPSA) is 72.8 Å². The van der Waals surface area contributed by atoms with Gasteiger partial charge in [0.05, 0.1) is 19.4 Å². The number of carboxylic acid groups (broad SMARTS) is 1. The molecule has 0 aromatic heterocycles. The van der Waals surface area contributed by atoms with Crippen LogP contribution in [0.15, 0.2) is 11.6 Å². The van der Waals surface area contributed by atoms with Gasteiger partial charge in [0.15, 0.2) is 0 Å². The highest BCUT2D eigenvalue weighted by Gasteiger charge is 2.23. The Hall–Kier alpha value is -0.640. The first-order valence-electron chi connectivity index (χ1n) is 4.71. The van der Waals surface area contributed by atoms with Gasteiger partial charge in [0.25, 0.3) is 0 Å². The maximum atomic E-state index is 11.9. The second kappa shape index (κ2) is 6.77. The Morgan fingerprint density at radius 1 is 1.33 bits per heavy atom. The number of allylic oxidation sites excluding steroid dienone is 1. The van der Waals surface area contributed by atoms with Crippen LogP contribution in [-0.4, -0.2) is 30.5 Å². The van der Waals surface area contributed by atoms with Crippen molar-refractivity contribution in [3.05, 3.63) is 11.6 Å². The second-order valence-electron chi connectivity index (χ2n) is 2.93. The molecule has 0 rings (SSSR count). The second-order valence-corrected chi connectivity index (χ2v) is 4.99. The monoisotopic (exact) mass is 236 g/mol. The Labute approximate surface area is 89.6 Å². The molecule has 1 N–H and O–H groups in total. The van der Waals surface area contributed by atoms with Gasteiger partial charge in [0.2, 0.25) is 0 Å². The molecule has 0 saturated heterocycles. The highest BCUT2D eigenvalue weighted by atomic mass is 31.2. The molecule has 15 heavy (non-hydrogen) atoms. The number of carbonyl (C=O) groups is 1. The molecule has 0 atom stereocenters. The zero-order chi connectivity index (χ0) is 11.9. The van der Waals surface area contributed by atoms with Crippen LogP contribution in [0.2, 0.25) is 0 Å². The van der Waals surface area contributed by atoms with Crippen molar-refractivity contribution in [3.8, 4) is 0 Å². The van der Waals surface area contributed by atoms with E-state index >= 15 is 0 Å². The number of aliphatic carboxylic acids is 1. The van der Waals surface area contributed by atoms with E-state index in [1.54, 1.807) is 20.8 Å². The Balaban J connectivity index is 4.54. The maximum absolute atomic E-state index is 11.9. The van der Waals surface area contributed by atoms with Gasteiger partial charge >= 0.3 is 13.6 Å². The molecule has 0 aliphatic rings. The summed E-state index contributed by atoms with van der Waals surface area (Å²) in [7, 11) is -3.16.